The van der Waals surface area contributed by atoms with Crippen LogP contribution in [0.25, 0.3) is 11.0 Å². The molecule has 0 unspecified atom stereocenters. The van der Waals surface area contributed by atoms with Crippen LogP contribution in [0.15, 0.2) is 24.3 Å². The van der Waals surface area contributed by atoms with Crippen LogP contribution in [0.3, 0.4) is 0 Å². The summed E-state index contributed by atoms with van der Waals surface area (Å²) < 4.78 is 57.9. The molecule has 3 heterocycles. The lowest BCUT2D eigenvalue weighted by atomic mass is 10.0. The second-order valence-electron chi connectivity index (χ2n) is 11.0. The predicted molar refractivity (Wildman–Crippen MR) is 154 cm³/mol. The van der Waals surface area contributed by atoms with Crippen LogP contribution < -0.4 is 19.8 Å². The molecular formula is C30H39F3N5O7+. The lowest BCUT2D eigenvalue weighted by Crippen LogP contribution is -2.43. The van der Waals surface area contributed by atoms with Crippen LogP contribution in [-0.2, 0) is 40.5 Å². The number of benzene rings is 1. The number of alkyl halides is 3. The van der Waals surface area contributed by atoms with E-state index in [0.717, 1.165) is 55.5 Å². The second-order valence-corrected chi connectivity index (χ2v) is 11.0. The number of nitrogens with zero attached hydrogens (tertiary/aromatic N) is 4. The topological polar surface area (TPSA) is 153 Å². The van der Waals surface area contributed by atoms with E-state index in [1.165, 1.54) is 18.7 Å². The number of aliphatic hydroxyl groups excluding tert-OH is 1. The number of fused-ring (bicyclic) bond motifs is 1. The SMILES string of the molecule is CCn1c(CN)[n+](CC2CCOCC2)c2ccc(OCC(=O)N(Cc3nc(C)c(OC(=O)C(F)(F)F)cc3O)C[C@H](C)O)cc21. The molecule has 1 saturated heterocycles. The molecule has 1 aromatic carbocycles. The number of aromatic hydroxyl groups is 1. The highest BCUT2D eigenvalue weighted by atomic mass is 19.4. The first-order valence-electron chi connectivity index (χ1n) is 14.7. The van der Waals surface area contributed by atoms with Crippen LogP contribution in [0, 0.1) is 12.8 Å². The quantitative estimate of drug-likeness (QED) is 0.201. The maximum atomic E-state index is 13.2. The molecule has 2 aromatic heterocycles. The van der Waals surface area contributed by atoms with Crippen LogP contribution >= 0.6 is 0 Å². The molecule has 1 fully saturated rings. The van der Waals surface area contributed by atoms with Gasteiger partial charge in [-0.2, -0.15) is 13.2 Å². The molecule has 0 spiro atoms. The van der Waals surface area contributed by atoms with Crippen LogP contribution in [0.4, 0.5) is 13.2 Å². The summed E-state index contributed by atoms with van der Waals surface area (Å²) in [6.45, 7) is 7.27. The maximum absolute atomic E-state index is 13.2. The highest BCUT2D eigenvalue weighted by molar-refractivity contribution is 5.79. The number of amides is 1. The number of imidazole rings is 1. The highest BCUT2D eigenvalue weighted by Crippen LogP contribution is 2.29. The zero-order chi connectivity index (χ0) is 32.9. The fraction of sp³-hybridized carbons (Fsp3) is 0.533. The van der Waals surface area contributed by atoms with Gasteiger partial charge in [-0.15, -0.1) is 0 Å². The van der Waals surface area contributed by atoms with Crippen molar-refractivity contribution < 1.29 is 51.8 Å². The van der Waals surface area contributed by atoms with Gasteiger partial charge in [0.15, 0.2) is 23.4 Å². The van der Waals surface area contributed by atoms with Crippen molar-refractivity contribution in [3.63, 3.8) is 0 Å². The third kappa shape index (κ3) is 8.21. The van der Waals surface area contributed by atoms with Crippen molar-refractivity contribution in [3.8, 4) is 17.2 Å². The van der Waals surface area contributed by atoms with E-state index >= 15 is 0 Å². The smallest absolute Gasteiger partial charge is 0.491 e. The average Bonchev–Trinajstić information content (AvgIpc) is 3.29. The van der Waals surface area contributed by atoms with E-state index < -0.39 is 42.3 Å². The number of esters is 1. The number of carbonyl (C=O) groups is 2. The number of aryl methyl sites for hydroxylation is 2. The summed E-state index contributed by atoms with van der Waals surface area (Å²) in [5.41, 5.74) is 7.90. The molecule has 4 N–H and O–H groups in total. The molecule has 246 valence electrons. The molecule has 0 radical (unpaired) electrons. The minimum Gasteiger partial charge on any atom is -0.506 e. The number of halogens is 3. The Morgan fingerprint density at radius 2 is 1.98 bits per heavy atom. The Hall–Kier alpha value is -3.95. The first-order valence-corrected chi connectivity index (χ1v) is 14.7. The largest absolute Gasteiger partial charge is 0.506 e. The monoisotopic (exact) mass is 638 g/mol. The highest BCUT2D eigenvalue weighted by Gasteiger charge is 2.42. The van der Waals surface area contributed by atoms with Crippen LogP contribution in [-0.4, -0.2) is 75.2 Å². The van der Waals surface area contributed by atoms with Crippen LogP contribution in [0.2, 0.25) is 0 Å². The molecule has 45 heavy (non-hydrogen) atoms. The number of rotatable bonds is 12. The lowest BCUT2D eigenvalue weighted by Gasteiger charge is -2.24. The van der Waals surface area contributed by atoms with Gasteiger partial charge < -0.3 is 35.1 Å². The standard InChI is InChI=1S/C30H38F3N5O7/c1-4-37-24-11-21(5-6-23(24)38(27(37)13-34)15-20-7-9-43-10-8-20)44-17-28(41)36(14-18(2)39)16-22-25(40)12-26(19(3)35-22)45-29(42)30(31,32)33/h5-6,11-12,18,20,39H,4,7-10,13-17,34H2,1-3H3/p+1/t18-/m0/s1. The maximum Gasteiger partial charge on any atom is 0.491 e. The van der Waals surface area contributed by atoms with Gasteiger partial charge in [-0.1, -0.05) is 0 Å². The van der Waals surface area contributed by atoms with E-state index in [1.54, 1.807) is 6.07 Å². The number of hydrogen-bond donors (Lipinski definition) is 3. The number of carbonyl (C=O) groups excluding carboxylic acids is 2. The summed E-state index contributed by atoms with van der Waals surface area (Å²) in [6.07, 6.45) is -4.23. The third-order valence-electron chi connectivity index (χ3n) is 7.63. The summed E-state index contributed by atoms with van der Waals surface area (Å²) in [5.74, 6) is -2.26. The van der Waals surface area contributed by atoms with Gasteiger partial charge in [0.1, 0.15) is 17.2 Å². The first kappa shape index (κ1) is 33.9. The molecule has 1 aliphatic rings. The molecule has 12 nitrogen and oxygen atoms in total. The van der Waals surface area contributed by atoms with Gasteiger partial charge in [-0.25, -0.2) is 18.9 Å². The number of nitrogens with two attached hydrogens (primary N) is 1. The molecule has 0 bridgehead atoms. The molecule has 15 heteroatoms. The van der Waals surface area contributed by atoms with Crippen molar-refractivity contribution in [2.45, 2.75) is 72.1 Å². The summed E-state index contributed by atoms with van der Waals surface area (Å²) >= 11 is 0. The van der Waals surface area contributed by atoms with Crippen molar-refractivity contribution in [1.29, 1.82) is 0 Å². The van der Waals surface area contributed by atoms with E-state index in [-0.39, 0.29) is 24.5 Å². The average molecular weight is 639 g/mol. The molecule has 1 atom stereocenters. The zero-order valence-corrected chi connectivity index (χ0v) is 25.5. The predicted octanol–water partition coefficient (Wildman–Crippen LogP) is 2.50. The van der Waals surface area contributed by atoms with E-state index in [1.807, 2.05) is 19.1 Å². The normalized spacial score (nSPS) is 14.8. The molecule has 3 aromatic rings. The van der Waals surface area contributed by atoms with Crippen molar-refractivity contribution in [2.75, 3.05) is 26.4 Å². The Morgan fingerprint density at radius 3 is 2.60 bits per heavy atom. The first-order chi connectivity index (χ1) is 21.3. The van der Waals surface area contributed by atoms with E-state index in [2.05, 4.69) is 18.9 Å². The van der Waals surface area contributed by atoms with E-state index in [0.29, 0.717) is 24.8 Å². The lowest BCUT2D eigenvalue weighted by molar-refractivity contribution is -0.687. The fourth-order valence-electron chi connectivity index (χ4n) is 5.42. The summed E-state index contributed by atoms with van der Waals surface area (Å²) in [7, 11) is 0. The van der Waals surface area contributed by atoms with Crippen LogP contribution in [0.5, 0.6) is 17.2 Å². The Labute approximate surface area is 258 Å². The Morgan fingerprint density at radius 1 is 1.27 bits per heavy atom. The molecule has 1 amide bonds. The summed E-state index contributed by atoms with van der Waals surface area (Å²) in [6, 6.07) is 6.38. The van der Waals surface area contributed by atoms with Gasteiger partial charge in [0.25, 0.3) is 11.7 Å². The number of hydrogen-bond acceptors (Lipinski definition) is 9. The van der Waals surface area contributed by atoms with Gasteiger partial charge >= 0.3 is 12.1 Å². The number of aliphatic hydroxyl groups is 1. The number of ether oxygens (including phenoxy) is 3. The Kier molecular flexibility index (Phi) is 10.9. The second kappa shape index (κ2) is 14.4. The Balaban J connectivity index is 1.50. The van der Waals surface area contributed by atoms with Crippen molar-refractivity contribution in [3.05, 3.63) is 41.5 Å². The van der Waals surface area contributed by atoms with Gasteiger partial charge in [-0.05, 0) is 45.7 Å². The number of aromatic nitrogens is 3. The number of pyridine rings is 1. The van der Waals surface area contributed by atoms with Crippen molar-refractivity contribution >= 4 is 22.9 Å². The summed E-state index contributed by atoms with van der Waals surface area (Å²) in [5, 5.41) is 20.4. The minimum absolute atomic E-state index is 0.0705. The van der Waals surface area contributed by atoms with Crippen molar-refractivity contribution in [2.24, 2.45) is 11.7 Å². The molecule has 0 saturated carbocycles. The minimum atomic E-state index is -5.23. The van der Waals surface area contributed by atoms with Gasteiger partial charge in [0, 0.05) is 37.8 Å². The summed E-state index contributed by atoms with van der Waals surface area (Å²) in [4.78, 5) is 29.7. The van der Waals surface area contributed by atoms with Crippen molar-refractivity contribution in [1.82, 2.24) is 14.5 Å². The Bertz CT molecular complexity index is 1520. The van der Waals surface area contributed by atoms with Gasteiger partial charge in [0.05, 0.1) is 38.0 Å². The van der Waals surface area contributed by atoms with Gasteiger partial charge in [-0.3, -0.25) is 4.79 Å². The van der Waals surface area contributed by atoms with Crippen LogP contribution in [0.1, 0.15) is 43.9 Å². The fourth-order valence-corrected chi connectivity index (χ4v) is 5.42. The molecular weight excluding hydrogens is 599 g/mol. The van der Waals surface area contributed by atoms with E-state index in [4.69, 9.17) is 15.2 Å². The molecule has 1 aliphatic heterocycles. The van der Waals surface area contributed by atoms with E-state index in [9.17, 15) is 33.0 Å². The van der Waals surface area contributed by atoms with Gasteiger partial charge in [0.2, 0.25) is 0 Å². The zero-order valence-electron chi connectivity index (χ0n) is 25.5. The molecule has 4 rings (SSSR count). The third-order valence-corrected chi connectivity index (χ3v) is 7.63. The molecule has 0 aliphatic carbocycles.